The molecule has 0 aromatic heterocycles. The highest BCUT2D eigenvalue weighted by atomic mass is 19.1. The number of hydrogen-bond acceptors (Lipinski definition) is 3. The van der Waals surface area contributed by atoms with Crippen molar-refractivity contribution >= 4 is 5.91 Å². The van der Waals surface area contributed by atoms with Gasteiger partial charge in [-0.1, -0.05) is 30.3 Å². The number of carbonyl (C=O) groups is 1. The molecule has 0 spiro atoms. The maximum absolute atomic E-state index is 13.9. The standard InChI is InChI=1S/C18H19FN2O2/c19-16-4-2-1-3-15(16)17-12-21(9-10-23-17)18(22)14-7-5-13(11-20)6-8-14/h1-8,17H,9-12,20H2/t17-/m1/s1. The molecule has 0 saturated carbocycles. The third-order valence-corrected chi connectivity index (χ3v) is 4.04. The maximum atomic E-state index is 13.9. The van der Waals surface area contributed by atoms with Gasteiger partial charge >= 0.3 is 0 Å². The van der Waals surface area contributed by atoms with Crippen LogP contribution >= 0.6 is 0 Å². The number of nitrogens with two attached hydrogens (primary N) is 1. The van der Waals surface area contributed by atoms with Crippen molar-refractivity contribution in [3.05, 3.63) is 71.0 Å². The second-order valence-corrected chi connectivity index (χ2v) is 5.53. The Morgan fingerprint density at radius 2 is 1.96 bits per heavy atom. The van der Waals surface area contributed by atoms with Gasteiger partial charge < -0.3 is 15.4 Å². The first-order chi connectivity index (χ1) is 11.2. The zero-order chi connectivity index (χ0) is 16.2. The molecule has 23 heavy (non-hydrogen) atoms. The molecule has 1 aliphatic rings. The van der Waals surface area contributed by atoms with Crippen LogP contribution < -0.4 is 5.73 Å². The Labute approximate surface area is 134 Å². The third-order valence-electron chi connectivity index (χ3n) is 4.04. The van der Waals surface area contributed by atoms with Crippen molar-refractivity contribution in [3.8, 4) is 0 Å². The number of morpholine rings is 1. The predicted octanol–water partition coefficient (Wildman–Crippen LogP) is 2.50. The van der Waals surface area contributed by atoms with Gasteiger partial charge in [0.05, 0.1) is 13.2 Å². The highest BCUT2D eigenvalue weighted by Crippen LogP contribution is 2.25. The summed E-state index contributed by atoms with van der Waals surface area (Å²) in [4.78, 5) is 14.3. The fourth-order valence-electron chi connectivity index (χ4n) is 2.72. The fraction of sp³-hybridized carbons (Fsp3) is 0.278. The molecule has 1 atom stereocenters. The summed E-state index contributed by atoms with van der Waals surface area (Å²) in [6.45, 7) is 1.69. The number of carbonyl (C=O) groups excluding carboxylic acids is 1. The molecule has 0 radical (unpaired) electrons. The van der Waals surface area contributed by atoms with E-state index in [2.05, 4.69) is 0 Å². The molecule has 2 aromatic carbocycles. The molecule has 0 bridgehead atoms. The van der Waals surface area contributed by atoms with Crippen molar-refractivity contribution in [3.63, 3.8) is 0 Å². The van der Waals surface area contributed by atoms with Crippen LogP contribution in [0, 0.1) is 5.82 Å². The topological polar surface area (TPSA) is 55.6 Å². The van der Waals surface area contributed by atoms with E-state index in [-0.39, 0.29) is 11.7 Å². The van der Waals surface area contributed by atoms with E-state index in [1.807, 2.05) is 12.1 Å². The quantitative estimate of drug-likeness (QED) is 0.947. The molecular weight excluding hydrogens is 295 g/mol. The summed E-state index contributed by atoms with van der Waals surface area (Å²) < 4.78 is 19.6. The van der Waals surface area contributed by atoms with Crippen LogP contribution in [0.1, 0.15) is 27.6 Å². The van der Waals surface area contributed by atoms with E-state index in [1.54, 1.807) is 35.2 Å². The lowest BCUT2D eigenvalue weighted by Crippen LogP contribution is -2.42. The van der Waals surface area contributed by atoms with Gasteiger partial charge in [-0.2, -0.15) is 0 Å². The fourth-order valence-corrected chi connectivity index (χ4v) is 2.72. The lowest BCUT2D eigenvalue weighted by molar-refractivity contribution is -0.0243. The molecule has 0 aliphatic carbocycles. The van der Waals surface area contributed by atoms with Crippen molar-refractivity contribution in [2.45, 2.75) is 12.6 Å². The zero-order valence-electron chi connectivity index (χ0n) is 12.7. The minimum absolute atomic E-state index is 0.0711. The van der Waals surface area contributed by atoms with Gasteiger partial charge in [-0.05, 0) is 23.8 Å². The predicted molar refractivity (Wildman–Crippen MR) is 85.3 cm³/mol. The Kier molecular flexibility index (Phi) is 4.69. The van der Waals surface area contributed by atoms with E-state index >= 15 is 0 Å². The minimum atomic E-state index is -0.433. The molecule has 2 N–H and O–H groups in total. The molecule has 1 fully saturated rings. The summed E-state index contributed by atoms with van der Waals surface area (Å²) in [5, 5.41) is 0. The van der Waals surface area contributed by atoms with E-state index in [4.69, 9.17) is 10.5 Å². The first kappa shape index (κ1) is 15.6. The molecule has 2 aromatic rings. The Bertz CT molecular complexity index is 688. The molecule has 5 heteroatoms. The van der Waals surface area contributed by atoms with Crippen LogP contribution in [-0.4, -0.2) is 30.5 Å². The van der Waals surface area contributed by atoms with Gasteiger partial charge in [0, 0.05) is 24.2 Å². The zero-order valence-corrected chi connectivity index (χ0v) is 12.7. The average molecular weight is 314 g/mol. The van der Waals surface area contributed by atoms with E-state index in [0.29, 0.717) is 37.4 Å². The Hall–Kier alpha value is -2.24. The molecule has 1 saturated heterocycles. The van der Waals surface area contributed by atoms with Crippen molar-refractivity contribution < 1.29 is 13.9 Å². The normalized spacial score (nSPS) is 18.0. The van der Waals surface area contributed by atoms with Gasteiger partial charge in [0.2, 0.25) is 0 Å². The van der Waals surface area contributed by atoms with E-state index < -0.39 is 6.10 Å². The van der Waals surface area contributed by atoms with E-state index in [1.165, 1.54) is 6.07 Å². The number of amides is 1. The molecule has 1 aliphatic heterocycles. The van der Waals surface area contributed by atoms with Crippen molar-refractivity contribution in [1.82, 2.24) is 4.90 Å². The summed E-state index contributed by atoms with van der Waals surface area (Å²) in [6, 6.07) is 13.8. The van der Waals surface area contributed by atoms with Crippen molar-refractivity contribution in [1.29, 1.82) is 0 Å². The van der Waals surface area contributed by atoms with E-state index in [0.717, 1.165) is 5.56 Å². The average Bonchev–Trinajstić information content (AvgIpc) is 2.62. The van der Waals surface area contributed by atoms with Crippen molar-refractivity contribution in [2.24, 2.45) is 5.73 Å². The van der Waals surface area contributed by atoms with Gasteiger partial charge in [0.1, 0.15) is 11.9 Å². The van der Waals surface area contributed by atoms with E-state index in [9.17, 15) is 9.18 Å². The summed E-state index contributed by atoms with van der Waals surface area (Å²) in [6.07, 6.45) is -0.433. The lowest BCUT2D eigenvalue weighted by Gasteiger charge is -2.33. The number of halogens is 1. The Balaban J connectivity index is 1.75. The second-order valence-electron chi connectivity index (χ2n) is 5.53. The van der Waals surface area contributed by atoms with Crippen LogP contribution in [-0.2, 0) is 11.3 Å². The van der Waals surface area contributed by atoms with Crippen LogP contribution in [0.4, 0.5) is 4.39 Å². The molecule has 1 heterocycles. The highest BCUT2D eigenvalue weighted by Gasteiger charge is 2.27. The first-order valence-corrected chi connectivity index (χ1v) is 7.63. The number of nitrogens with zero attached hydrogens (tertiary/aromatic N) is 1. The first-order valence-electron chi connectivity index (χ1n) is 7.63. The van der Waals surface area contributed by atoms with Gasteiger partial charge in [0.25, 0.3) is 5.91 Å². The number of benzene rings is 2. The summed E-state index contributed by atoms with van der Waals surface area (Å²) in [5.41, 5.74) is 7.64. The molecule has 4 nitrogen and oxygen atoms in total. The third kappa shape index (κ3) is 3.41. The van der Waals surface area contributed by atoms with Crippen molar-refractivity contribution in [2.75, 3.05) is 19.7 Å². The molecule has 120 valence electrons. The molecule has 3 rings (SSSR count). The van der Waals surface area contributed by atoms with Crippen LogP contribution in [0.3, 0.4) is 0 Å². The molecular formula is C18H19FN2O2. The van der Waals surface area contributed by atoms with Crippen LogP contribution in [0.15, 0.2) is 48.5 Å². The smallest absolute Gasteiger partial charge is 0.254 e. The number of hydrogen-bond donors (Lipinski definition) is 1. The summed E-state index contributed by atoms with van der Waals surface area (Å²) in [7, 11) is 0. The largest absolute Gasteiger partial charge is 0.370 e. The minimum Gasteiger partial charge on any atom is -0.370 e. The summed E-state index contributed by atoms with van der Waals surface area (Å²) >= 11 is 0. The number of rotatable bonds is 3. The Morgan fingerprint density at radius 1 is 1.22 bits per heavy atom. The SMILES string of the molecule is NCc1ccc(C(=O)N2CCO[C@@H](c3ccccc3F)C2)cc1. The number of ether oxygens (including phenoxy) is 1. The van der Waals surface area contributed by atoms with Gasteiger partial charge in [-0.15, -0.1) is 0 Å². The van der Waals surface area contributed by atoms with Gasteiger partial charge in [-0.3, -0.25) is 4.79 Å². The second kappa shape index (κ2) is 6.89. The molecule has 1 amide bonds. The summed E-state index contributed by atoms with van der Waals surface area (Å²) in [5.74, 6) is -0.377. The Morgan fingerprint density at radius 3 is 2.65 bits per heavy atom. The van der Waals surface area contributed by atoms with Crippen LogP contribution in [0.2, 0.25) is 0 Å². The molecule has 0 unspecified atom stereocenters. The van der Waals surface area contributed by atoms with Crippen LogP contribution in [0.5, 0.6) is 0 Å². The van der Waals surface area contributed by atoms with Gasteiger partial charge in [-0.25, -0.2) is 4.39 Å². The monoisotopic (exact) mass is 314 g/mol. The highest BCUT2D eigenvalue weighted by molar-refractivity contribution is 5.94. The lowest BCUT2D eigenvalue weighted by atomic mass is 10.1. The van der Waals surface area contributed by atoms with Gasteiger partial charge in [0.15, 0.2) is 0 Å². The maximum Gasteiger partial charge on any atom is 0.254 e. The van der Waals surface area contributed by atoms with Crippen LogP contribution in [0.25, 0.3) is 0 Å².